The van der Waals surface area contributed by atoms with Crippen LogP contribution in [0.1, 0.15) is 5.69 Å². The summed E-state index contributed by atoms with van der Waals surface area (Å²) >= 11 is 0. The Labute approximate surface area is 101 Å². The van der Waals surface area contributed by atoms with Crippen molar-refractivity contribution in [1.82, 2.24) is 15.2 Å². The minimum Gasteiger partial charge on any atom is -0.467 e. The van der Waals surface area contributed by atoms with E-state index in [9.17, 15) is 4.79 Å². The summed E-state index contributed by atoms with van der Waals surface area (Å²) in [5, 5.41) is 26.8. The van der Waals surface area contributed by atoms with Gasteiger partial charge < -0.3 is 25.7 Å². The molecule has 1 aliphatic rings. The van der Waals surface area contributed by atoms with Gasteiger partial charge in [0.05, 0.1) is 13.1 Å². The van der Waals surface area contributed by atoms with Gasteiger partial charge in [-0.2, -0.15) is 0 Å². The first kappa shape index (κ1) is 12.1. The highest BCUT2D eigenvalue weighted by Gasteiger charge is 2.33. The van der Waals surface area contributed by atoms with Crippen molar-refractivity contribution in [2.75, 3.05) is 19.7 Å². The van der Waals surface area contributed by atoms with E-state index in [0.717, 1.165) is 0 Å². The molecule has 2 heterocycles. The maximum Gasteiger partial charge on any atom is 0.287 e. The maximum absolute atomic E-state index is 11.1. The van der Waals surface area contributed by atoms with Gasteiger partial charge in [-0.05, 0) is 10.3 Å². The molecule has 2 rings (SSSR count). The average molecular weight is 257 g/mol. The maximum atomic E-state index is 11.1. The zero-order valence-corrected chi connectivity index (χ0v) is 9.18. The number of amides is 1. The van der Waals surface area contributed by atoms with Crippen molar-refractivity contribution in [2.45, 2.75) is 6.10 Å². The fraction of sp³-hybridized carbons (Fsp3) is 0.500. The number of amidine groups is 1. The molecule has 1 fully saturated rings. The second-order valence-electron chi connectivity index (χ2n) is 3.60. The molecule has 10 heteroatoms. The molecule has 1 saturated heterocycles. The Hall–Kier alpha value is -2.36. The third-order valence-electron chi connectivity index (χ3n) is 2.42. The number of hydrogen-bond donors (Lipinski definition) is 3. The number of oxime groups is 1. The summed E-state index contributed by atoms with van der Waals surface area (Å²) in [7, 11) is 0. The molecule has 10 nitrogen and oxygen atoms in total. The Morgan fingerprint density at radius 2 is 2.33 bits per heavy atom. The topological polar surface area (TPSA) is 147 Å². The first-order valence-corrected chi connectivity index (χ1v) is 5.01. The minimum absolute atomic E-state index is 0.00797. The van der Waals surface area contributed by atoms with Gasteiger partial charge in [0.2, 0.25) is 11.6 Å². The first-order valence-electron chi connectivity index (χ1n) is 5.01. The molecule has 0 atom stereocenters. The van der Waals surface area contributed by atoms with E-state index in [2.05, 4.69) is 20.1 Å². The van der Waals surface area contributed by atoms with E-state index < -0.39 is 6.61 Å². The van der Waals surface area contributed by atoms with Crippen molar-refractivity contribution in [3.8, 4) is 5.88 Å². The quantitative estimate of drug-likeness (QED) is 0.237. The van der Waals surface area contributed by atoms with Crippen LogP contribution in [0.3, 0.4) is 0 Å². The molecule has 1 aromatic heterocycles. The number of ether oxygens (including phenoxy) is 1. The first-order chi connectivity index (χ1) is 8.65. The van der Waals surface area contributed by atoms with Gasteiger partial charge in [-0.15, -0.1) is 0 Å². The van der Waals surface area contributed by atoms with Crippen LogP contribution in [0.2, 0.25) is 0 Å². The van der Waals surface area contributed by atoms with Crippen LogP contribution in [0, 0.1) is 0 Å². The van der Waals surface area contributed by atoms with Crippen LogP contribution in [0.5, 0.6) is 5.88 Å². The van der Waals surface area contributed by atoms with Gasteiger partial charge in [0.1, 0.15) is 12.7 Å². The summed E-state index contributed by atoms with van der Waals surface area (Å²) in [4.78, 5) is 12.5. The fourth-order valence-electron chi connectivity index (χ4n) is 1.44. The summed E-state index contributed by atoms with van der Waals surface area (Å²) in [5.74, 6) is -0.662. The van der Waals surface area contributed by atoms with Crippen molar-refractivity contribution in [3.05, 3.63) is 5.69 Å². The molecule has 1 aromatic rings. The highest BCUT2D eigenvalue weighted by Crippen LogP contribution is 2.19. The lowest BCUT2D eigenvalue weighted by Crippen LogP contribution is -2.57. The number of hydrogen-bond acceptors (Lipinski definition) is 8. The predicted octanol–water partition coefficient (Wildman–Crippen LogP) is -2.25. The van der Waals surface area contributed by atoms with E-state index in [1.807, 2.05) is 0 Å². The Balaban J connectivity index is 1.93. The molecule has 1 amide bonds. The molecule has 0 aromatic carbocycles. The fourth-order valence-corrected chi connectivity index (χ4v) is 1.44. The predicted molar refractivity (Wildman–Crippen MR) is 54.9 cm³/mol. The largest absolute Gasteiger partial charge is 0.467 e. The molecule has 0 spiro atoms. The second kappa shape index (κ2) is 4.87. The Morgan fingerprint density at radius 3 is 2.94 bits per heavy atom. The third kappa shape index (κ3) is 2.18. The standard InChI is InChI=1S/C8H11N5O5/c9-7(10-16)6-8(12-18-11-6)17-4-1-13(2-4)5(15)3-14/h4,14,16H,1-3H2,(H2,9,10). The minimum atomic E-state index is -0.534. The Bertz CT molecular complexity index is 466. The van der Waals surface area contributed by atoms with E-state index in [1.165, 1.54) is 4.90 Å². The summed E-state index contributed by atoms with van der Waals surface area (Å²) < 4.78 is 9.77. The highest BCUT2D eigenvalue weighted by atomic mass is 16.6. The number of carbonyl (C=O) groups is 1. The zero-order chi connectivity index (χ0) is 13.1. The van der Waals surface area contributed by atoms with E-state index in [-0.39, 0.29) is 29.4 Å². The third-order valence-corrected chi connectivity index (χ3v) is 2.42. The van der Waals surface area contributed by atoms with Gasteiger partial charge in [0.15, 0.2) is 5.84 Å². The SMILES string of the molecule is NC(=NO)c1nonc1OC1CN(C(=O)CO)C1. The highest BCUT2D eigenvalue weighted by molar-refractivity contribution is 5.96. The number of likely N-dealkylation sites (tertiary alicyclic amines) is 1. The summed E-state index contributed by atoms with van der Waals surface area (Å²) in [6, 6.07) is 0. The van der Waals surface area contributed by atoms with Crippen molar-refractivity contribution >= 4 is 11.7 Å². The van der Waals surface area contributed by atoms with Gasteiger partial charge in [0.25, 0.3) is 5.88 Å². The van der Waals surface area contributed by atoms with E-state index in [4.69, 9.17) is 20.8 Å². The van der Waals surface area contributed by atoms with Crippen molar-refractivity contribution < 1.29 is 24.5 Å². The summed E-state index contributed by atoms with van der Waals surface area (Å²) in [6.45, 7) is 0.108. The van der Waals surface area contributed by atoms with E-state index in [0.29, 0.717) is 13.1 Å². The number of aliphatic hydroxyl groups excluding tert-OH is 1. The van der Waals surface area contributed by atoms with Crippen LogP contribution < -0.4 is 10.5 Å². The molecule has 0 aliphatic carbocycles. The van der Waals surface area contributed by atoms with Crippen LogP contribution >= 0.6 is 0 Å². The molecule has 0 unspecified atom stereocenters. The summed E-state index contributed by atoms with van der Waals surface area (Å²) in [5.41, 5.74) is 5.32. The van der Waals surface area contributed by atoms with Gasteiger partial charge in [-0.1, -0.05) is 5.16 Å². The molecule has 0 saturated carbocycles. The van der Waals surface area contributed by atoms with Gasteiger partial charge in [0, 0.05) is 0 Å². The van der Waals surface area contributed by atoms with Gasteiger partial charge >= 0.3 is 0 Å². The number of aliphatic hydroxyl groups is 1. The Kier molecular flexibility index (Phi) is 3.28. The van der Waals surface area contributed by atoms with Crippen LogP contribution in [-0.2, 0) is 4.79 Å². The lowest BCUT2D eigenvalue weighted by atomic mass is 10.1. The number of carbonyl (C=O) groups excluding carboxylic acids is 1. The van der Waals surface area contributed by atoms with Crippen molar-refractivity contribution in [3.63, 3.8) is 0 Å². The molecule has 18 heavy (non-hydrogen) atoms. The number of rotatable bonds is 4. The van der Waals surface area contributed by atoms with Gasteiger partial charge in [-0.25, -0.2) is 4.63 Å². The van der Waals surface area contributed by atoms with Crippen molar-refractivity contribution in [1.29, 1.82) is 0 Å². The molecule has 98 valence electrons. The monoisotopic (exact) mass is 257 g/mol. The molecule has 1 aliphatic heterocycles. The van der Waals surface area contributed by atoms with Gasteiger partial charge in [-0.3, -0.25) is 4.79 Å². The molecular formula is C8H11N5O5. The summed E-state index contributed by atoms with van der Waals surface area (Å²) in [6.07, 6.45) is -0.294. The smallest absolute Gasteiger partial charge is 0.287 e. The van der Waals surface area contributed by atoms with E-state index in [1.54, 1.807) is 0 Å². The number of nitrogens with two attached hydrogens (primary N) is 1. The van der Waals surface area contributed by atoms with Crippen LogP contribution in [-0.4, -0.2) is 63.1 Å². The van der Waals surface area contributed by atoms with Crippen LogP contribution in [0.4, 0.5) is 0 Å². The van der Waals surface area contributed by atoms with E-state index >= 15 is 0 Å². The molecule has 0 radical (unpaired) electrons. The zero-order valence-electron chi connectivity index (χ0n) is 9.18. The molecular weight excluding hydrogens is 246 g/mol. The van der Waals surface area contributed by atoms with Crippen molar-refractivity contribution in [2.24, 2.45) is 10.9 Å². The second-order valence-corrected chi connectivity index (χ2v) is 3.60. The van der Waals surface area contributed by atoms with Crippen LogP contribution in [0.15, 0.2) is 9.78 Å². The average Bonchev–Trinajstić information content (AvgIpc) is 2.79. The Morgan fingerprint density at radius 1 is 1.61 bits per heavy atom. The lowest BCUT2D eigenvalue weighted by Gasteiger charge is -2.37. The van der Waals surface area contributed by atoms with Crippen LogP contribution in [0.25, 0.3) is 0 Å². The normalized spacial score (nSPS) is 16.5. The number of nitrogens with zero attached hydrogens (tertiary/aromatic N) is 4. The molecule has 0 bridgehead atoms. The molecule has 4 N–H and O–H groups in total. The number of aromatic nitrogens is 2. The lowest BCUT2D eigenvalue weighted by molar-refractivity contribution is -0.143.